The smallest absolute Gasteiger partial charge is 0.369 e. The normalized spacial score (nSPS) is 12.3. The zero-order chi connectivity index (χ0) is 17.4. The maximum Gasteiger partial charge on any atom is 0.670 e. The van der Waals surface area contributed by atoms with Gasteiger partial charge in [-0.2, -0.15) is 0 Å². The molecule has 0 atom stereocenters. The average Bonchev–Trinajstić information content (AvgIpc) is 2.53. The highest BCUT2D eigenvalue weighted by Crippen LogP contribution is 2.36. The van der Waals surface area contributed by atoms with Gasteiger partial charge in [0.15, 0.2) is 11.6 Å². The Morgan fingerprint density at radius 1 is 0.667 bits per heavy atom. The molecule has 1 aliphatic rings. The molecule has 2 aromatic carbocycles. The second-order valence-corrected chi connectivity index (χ2v) is 5.00. The standard InChI is InChI=1S/C14H8B2F4N2O2/c17-15(18)21-9-5-6-10(22-16(19)20)12-11(9)13(23)7-3-1-2-4-8(7)14(12)24/h1-6,21-22H. The van der Waals surface area contributed by atoms with Crippen molar-refractivity contribution in [3.63, 3.8) is 0 Å². The van der Waals surface area contributed by atoms with Gasteiger partial charge in [-0.25, -0.2) is 0 Å². The van der Waals surface area contributed by atoms with Crippen LogP contribution >= 0.6 is 0 Å². The minimum atomic E-state index is -2.98. The van der Waals surface area contributed by atoms with Crippen LogP contribution in [-0.2, 0) is 0 Å². The maximum absolute atomic E-state index is 12.7. The van der Waals surface area contributed by atoms with Crippen LogP contribution in [0.25, 0.3) is 0 Å². The number of benzene rings is 2. The molecule has 0 aliphatic heterocycles. The van der Waals surface area contributed by atoms with E-state index < -0.39 is 26.4 Å². The lowest BCUT2D eigenvalue weighted by molar-refractivity contribution is 0.0980. The Labute approximate surface area is 134 Å². The van der Waals surface area contributed by atoms with Crippen molar-refractivity contribution in [2.75, 3.05) is 10.5 Å². The summed E-state index contributed by atoms with van der Waals surface area (Å²) in [5.74, 6) is -1.36. The Hall–Kier alpha value is -2.77. The molecule has 0 radical (unpaired) electrons. The van der Waals surface area contributed by atoms with Crippen LogP contribution in [0.3, 0.4) is 0 Å². The van der Waals surface area contributed by atoms with Crippen molar-refractivity contribution in [2.45, 2.75) is 0 Å². The largest absolute Gasteiger partial charge is 0.670 e. The molecule has 2 N–H and O–H groups in total. The number of halogens is 4. The maximum atomic E-state index is 12.7. The zero-order valence-electron chi connectivity index (χ0n) is 11.9. The van der Waals surface area contributed by atoms with Gasteiger partial charge in [-0.3, -0.25) is 26.9 Å². The van der Waals surface area contributed by atoms with Crippen molar-refractivity contribution in [2.24, 2.45) is 0 Å². The van der Waals surface area contributed by atoms with Crippen LogP contribution in [0.5, 0.6) is 0 Å². The number of nitrogens with one attached hydrogen (secondary N) is 2. The van der Waals surface area contributed by atoms with Crippen molar-refractivity contribution in [1.82, 2.24) is 0 Å². The fraction of sp³-hybridized carbons (Fsp3) is 0. The molecule has 0 bridgehead atoms. The van der Waals surface area contributed by atoms with Crippen molar-refractivity contribution < 1.29 is 26.9 Å². The average molecular weight is 334 g/mol. The second kappa shape index (κ2) is 6.03. The topological polar surface area (TPSA) is 58.2 Å². The van der Waals surface area contributed by atoms with E-state index in [1.165, 1.54) is 24.3 Å². The van der Waals surface area contributed by atoms with E-state index in [2.05, 4.69) is 0 Å². The molecular weight excluding hydrogens is 326 g/mol. The van der Waals surface area contributed by atoms with E-state index >= 15 is 0 Å². The molecule has 0 heterocycles. The van der Waals surface area contributed by atoms with Gasteiger partial charge in [-0.15, -0.1) is 0 Å². The number of carbonyl (C=O) groups is 2. The quantitative estimate of drug-likeness (QED) is 0.569. The highest BCUT2D eigenvalue weighted by Gasteiger charge is 2.35. The van der Waals surface area contributed by atoms with Gasteiger partial charge in [0.1, 0.15) is 0 Å². The molecule has 0 unspecified atom stereocenters. The molecule has 0 fully saturated rings. The fourth-order valence-electron chi connectivity index (χ4n) is 2.70. The lowest BCUT2D eigenvalue weighted by Crippen LogP contribution is -2.27. The predicted molar refractivity (Wildman–Crippen MR) is 82.9 cm³/mol. The summed E-state index contributed by atoms with van der Waals surface area (Å²) < 4.78 is 50.7. The highest BCUT2D eigenvalue weighted by molar-refractivity contribution is 6.49. The summed E-state index contributed by atoms with van der Waals surface area (Å²) in [7, 11) is -5.97. The van der Waals surface area contributed by atoms with E-state index in [0.29, 0.717) is 0 Å². The number of carbonyl (C=O) groups excluding carboxylic acids is 2. The third-order valence-electron chi connectivity index (χ3n) is 3.61. The summed E-state index contributed by atoms with van der Waals surface area (Å²) in [5.41, 5.74) is -1.17. The van der Waals surface area contributed by atoms with E-state index in [-0.39, 0.29) is 33.6 Å². The number of rotatable bonds is 4. The van der Waals surface area contributed by atoms with Crippen molar-refractivity contribution in [3.05, 3.63) is 58.7 Å². The SMILES string of the molecule is O=C1c2ccccc2C(=O)c2c(NB(F)F)ccc(NB(F)F)c21. The minimum Gasteiger partial charge on any atom is -0.369 e. The van der Waals surface area contributed by atoms with Gasteiger partial charge in [0, 0.05) is 22.5 Å². The van der Waals surface area contributed by atoms with Crippen LogP contribution in [0, 0.1) is 0 Å². The van der Waals surface area contributed by atoms with Gasteiger partial charge in [0.05, 0.1) is 11.1 Å². The van der Waals surface area contributed by atoms with Gasteiger partial charge in [-0.1, -0.05) is 24.3 Å². The number of anilines is 2. The molecule has 3 rings (SSSR count). The summed E-state index contributed by atoms with van der Waals surface area (Å²) in [6.45, 7) is 0. The first-order valence-corrected chi connectivity index (χ1v) is 6.85. The lowest BCUT2D eigenvalue weighted by atomic mass is 9.81. The summed E-state index contributed by atoms with van der Waals surface area (Å²) >= 11 is 0. The Morgan fingerprint density at radius 2 is 1.04 bits per heavy atom. The third-order valence-corrected chi connectivity index (χ3v) is 3.61. The Kier molecular flexibility index (Phi) is 4.04. The molecule has 120 valence electrons. The molecule has 2 aromatic rings. The van der Waals surface area contributed by atoms with Crippen LogP contribution in [-0.4, -0.2) is 26.4 Å². The van der Waals surface area contributed by atoms with Gasteiger partial charge >= 0.3 is 14.8 Å². The lowest BCUT2D eigenvalue weighted by Gasteiger charge is -2.23. The minimum absolute atomic E-state index is 0.0431. The predicted octanol–water partition coefficient (Wildman–Crippen LogP) is 3.13. The molecule has 4 nitrogen and oxygen atoms in total. The van der Waals surface area contributed by atoms with Crippen LogP contribution in [0.4, 0.5) is 28.6 Å². The summed E-state index contributed by atoms with van der Waals surface area (Å²) in [6.07, 6.45) is 0. The Morgan fingerprint density at radius 3 is 1.38 bits per heavy atom. The molecule has 24 heavy (non-hydrogen) atoms. The van der Waals surface area contributed by atoms with E-state index in [0.717, 1.165) is 12.1 Å². The molecule has 0 aromatic heterocycles. The van der Waals surface area contributed by atoms with Gasteiger partial charge in [-0.05, 0) is 12.1 Å². The fourth-order valence-corrected chi connectivity index (χ4v) is 2.70. The first-order chi connectivity index (χ1) is 11.4. The summed E-state index contributed by atoms with van der Waals surface area (Å²) in [6, 6.07) is 7.95. The summed E-state index contributed by atoms with van der Waals surface area (Å²) in [4.78, 5) is 25.3. The van der Waals surface area contributed by atoms with Crippen LogP contribution in [0.1, 0.15) is 31.8 Å². The summed E-state index contributed by atoms with van der Waals surface area (Å²) in [5, 5.41) is 3.55. The van der Waals surface area contributed by atoms with Crippen LogP contribution in [0.15, 0.2) is 36.4 Å². The van der Waals surface area contributed by atoms with Crippen molar-refractivity contribution in [1.29, 1.82) is 0 Å². The number of hydrogen-bond donors (Lipinski definition) is 2. The molecule has 0 amide bonds. The van der Waals surface area contributed by atoms with Gasteiger partial charge < -0.3 is 10.5 Å². The highest BCUT2D eigenvalue weighted by atomic mass is 19.2. The van der Waals surface area contributed by atoms with E-state index in [1.54, 1.807) is 10.5 Å². The van der Waals surface area contributed by atoms with Crippen LogP contribution < -0.4 is 10.5 Å². The zero-order valence-corrected chi connectivity index (χ0v) is 11.9. The van der Waals surface area contributed by atoms with E-state index in [4.69, 9.17) is 0 Å². The second-order valence-electron chi connectivity index (χ2n) is 5.00. The first-order valence-electron chi connectivity index (χ1n) is 6.85. The van der Waals surface area contributed by atoms with Crippen LogP contribution in [0.2, 0.25) is 0 Å². The number of fused-ring (bicyclic) bond motifs is 2. The molecule has 0 spiro atoms. The monoisotopic (exact) mass is 334 g/mol. The molecular formula is C14H8B2F4N2O2. The van der Waals surface area contributed by atoms with E-state index in [9.17, 15) is 26.9 Å². The first kappa shape index (κ1) is 16.1. The van der Waals surface area contributed by atoms with Crippen molar-refractivity contribution >= 4 is 37.7 Å². The molecule has 0 saturated heterocycles. The van der Waals surface area contributed by atoms with E-state index in [1.807, 2.05) is 0 Å². The Balaban J connectivity index is 2.26. The number of ketones is 2. The Bertz CT molecular complexity index is 778. The molecule has 0 saturated carbocycles. The molecule has 10 heteroatoms. The third kappa shape index (κ3) is 2.64. The van der Waals surface area contributed by atoms with Gasteiger partial charge in [0.2, 0.25) is 0 Å². The molecule has 1 aliphatic carbocycles. The number of hydrogen-bond acceptors (Lipinski definition) is 4. The van der Waals surface area contributed by atoms with Gasteiger partial charge in [0.25, 0.3) is 0 Å². The van der Waals surface area contributed by atoms with Crippen molar-refractivity contribution in [3.8, 4) is 0 Å².